The molecule has 0 aromatic heterocycles. The van der Waals surface area contributed by atoms with E-state index in [1.165, 1.54) is 5.56 Å². The Bertz CT molecular complexity index is 411. The van der Waals surface area contributed by atoms with Crippen molar-refractivity contribution in [3.8, 4) is 0 Å². The molecular weight excluding hydrogens is 289 g/mol. The molecule has 1 N–H and O–H groups in total. The van der Waals surface area contributed by atoms with Crippen molar-refractivity contribution in [2.75, 3.05) is 13.1 Å². The van der Waals surface area contributed by atoms with Crippen LogP contribution >= 0.6 is 23.2 Å². The largest absolute Gasteiger partial charge is 0.316 e. The second-order valence-electron chi connectivity index (χ2n) is 6.14. The van der Waals surface area contributed by atoms with Crippen LogP contribution in [0, 0.1) is 11.3 Å². The van der Waals surface area contributed by atoms with E-state index >= 15 is 0 Å². The van der Waals surface area contributed by atoms with Gasteiger partial charge in [0, 0.05) is 16.6 Å². The van der Waals surface area contributed by atoms with Gasteiger partial charge < -0.3 is 5.32 Å². The fourth-order valence-electron chi connectivity index (χ4n) is 2.51. The van der Waals surface area contributed by atoms with E-state index < -0.39 is 0 Å². The minimum Gasteiger partial charge on any atom is -0.316 e. The van der Waals surface area contributed by atoms with E-state index in [0.29, 0.717) is 10.9 Å². The second-order valence-corrected chi connectivity index (χ2v) is 6.99. The SMILES string of the molecule is CCC(CC)(CNCC(C)C)Cc1ccc(Cl)cc1Cl. The summed E-state index contributed by atoms with van der Waals surface area (Å²) in [4.78, 5) is 0. The standard InChI is InChI=1S/C17H27Cl2N/c1-5-17(6-2,12-20-11-13(3)4)10-14-7-8-15(18)9-16(14)19/h7-9,13,20H,5-6,10-12H2,1-4H3. The second kappa shape index (κ2) is 8.26. The number of hydrogen-bond donors (Lipinski definition) is 1. The summed E-state index contributed by atoms with van der Waals surface area (Å²) >= 11 is 12.3. The van der Waals surface area contributed by atoms with Gasteiger partial charge >= 0.3 is 0 Å². The summed E-state index contributed by atoms with van der Waals surface area (Å²) in [6, 6.07) is 5.84. The van der Waals surface area contributed by atoms with Crippen LogP contribution in [0.15, 0.2) is 18.2 Å². The first-order valence-corrected chi connectivity index (χ1v) is 8.32. The molecule has 1 nitrogen and oxygen atoms in total. The summed E-state index contributed by atoms with van der Waals surface area (Å²) in [5.41, 5.74) is 1.47. The van der Waals surface area contributed by atoms with E-state index in [-0.39, 0.29) is 5.41 Å². The van der Waals surface area contributed by atoms with Gasteiger partial charge in [-0.05, 0) is 54.8 Å². The van der Waals surface area contributed by atoms with E-state index in [4.69, 9.17) is 23.2 Å². The van der Waals surface area contributed by atoms with Gasteiger partial charge in [-0.2, -0.15) is 0 Å². The molecule has 1 aromatic carbocycles. The quantitative estimate of drug-likeness (QED) is 0.659. The molecule has 0 bridgehead atoms. The zero-order chi connectivity index (χ0) is 15.2. The van der Waals surface area contributed by atoms with Crippen LogP contribution < -0.4 is 5.32 Å². The van der Waals surface area contributed by atoms with Gasteiger partial charge in [-0.1, -0.05) is 57.0 Å². The van der Waals surface area contributed by atoms with Crippen LogP contribution in [0.1, 0.15) is 46.1 Å². The van der Waals surface area contributed by atoms with Gasteiger partial charge in [-0.3, -0.25) is 0 Å². The Morgan fingerprint density at radius 2 is 1.80 bits per heavy atom. The number of hydrogen-bond acceptors (Lipinski definition) is 1. The molecule has 114 valence electrons. The Balaban J connectivity index is 2.79. The summed E-state index contributed by atoms with van der Waals surface area (Å²) in [6.45, 7) is 11.1. The van der Waals surface area contributed by atoms with Gasteiger partial charge in [0.15, 0.2) is 0 Å². The zero-order valence-electron chi connectivity index (χ0n) is 13.1. The minimum absolute atomic E-state index is 0.270. The van der Waals surface area contributed by atoms with Gasteiger partial charge in [0.2, 0.25) is 0 Å². The maximum atomic E-state index is 6.33. The first-order valence-electron chi connectivity index (χ1n) is 7.57. The highest BCUT2D eigenvalue weighted by molar-refractivity contribution is 6.35. The molecule has 0 radical (unpaired) electrons. The van der Waals surface area contributed by atoms with Crippen molar-refractivity contribution in [1.29, 1.82) is 0 Å². The van der Waals surface area contributed by atoms with Crippen molar-refractivity contribution < 1.29 is 0 Å². The average molecular weight is 316 g/mol. The molecule has 0 saturated heterocycles. The van der Waals surface area contributed by atoms with Crippen LogP contribution in [0.25, 0.3) is 0 Å². The highest BCUT2D eigenvalue weighted by Gasteiger charge is 2.27. The van der Waals surface area contributed by atoms with E-state index in [1.54, 1.807) is 0 Å². The predicted molar refractivity (Wildman–Crippen MR) is 90.9 cm³/mol. The third-order valence-electron chi connectivity index (χ3n) is 4.13. The van der Waals surface area contributed by atoms with Crippen LogP contribution in [-0.4, -0.2) is 13.1 Å². The third-order valence-corrected chi connectivity index (χ3v) is 4.72. The van der Waals surface area contributed by atoms with Gasteiger partial charge in [0.05, 0.1) is 0 Å². The summed E-state index contributed by atoms with van der Waals surface area (Å²) in [7, 11) is 0. The fourth-order valence-corrected chi connectivity index (χ4v) is 2.98. The number of rotatable bonds is 8. The Morgan fingerprint density at radius 3 is 2.30 bits per heavy atom. The topological polar surface area (TPSA) is 12.0 Å². The average Bonchev–Trinajstić information content (AvgIpc) is 2.40. The van der Waals surface area contributed by atoms with Crippen LogP contribution in [0.3, 0.4) is 0 Å². The van der Waals surface area contributed by atoms with Crippen molar-refractivity contribution >= 4 is 23.2 Å². The smallest absolute Gasteiger partial charge is 0.0453 e. The molecule has 0 heterocycles. The van der Waals surface area contributed by atoms with E-state index in [9.17, 15) is 0 Å². The maximum absolute atomic E-state index is 6.33. The van der Waals surface area contributed by atoms with E-state index in [1.807, 2.05) is 12.1 Å². The normalized spacial score (nSPS) is 12.2. The molecule has 0 aliphatic heterocycles. The molecule has 20 heavy (non-hydrogen) atoms. The summed E-state index contributed by atoms with van der Waals surface area (Å²) in [5, 5.41) is 5.10. The van der Waals surface area contributed by atoms with Gasteiger partial charge in [-0.15, -0.1) is 0 Å². The van der Waals surface area contributed by atoms with Crippen LogP contribution in [0.2, 0.25) is 10.0 Å². The van der Waals surface area contributed by atoms with E-state index in [0.717, 1.165) is 37.4 Å². The Labute approximate surface area is 134 Å². The van der Waals surface area contributed by atoms with Gasteiger partial charge in [0.25, 0.3) is 0 Å². The van der Waals surface area contributed by atoms with Crippen molar-refractivity contribution in [2.24, 2.45) is 11.3 Å². The van der Waals surface area contributed by atoms with Crippen LogP contribution in [0.5, 0.6) is 0 Å². The van der Waals surface area contributed by atoms with Gasteiger partial charge in [-0.25, -0.2) is 0 Å². The summed E-state index contributed by atoms with van der Waals surface area (Å²) in [6.07, 6.45) is 3.29. The monoisotopic (exact) mass is 315 g/mol. The fraction of sp³-hybridized carbons (Fsp3) is 0.647. The van der Waals surface area contributed by atoms with Crippen LogP contribution in [0.4, 0.5) is 0 Å². The first kappa shape index (κ1) is 17.8. The molecule has 0 aliphatic carbocycles. The maximum Gasteiger partial charge on any atom is 0.0453 e. The highest BCUT2D eigenvalue weighted by Crippen LogP contribution is 2.33. The first-order chi connectivity index (χ1) is 9.42. The van der Waals surface area contributed by atoms with E-state index in [2.05, 4.69) is 39.1 Å². The lowest BCUT2D eigenvalue weighted by Crippen LogP contribution is -2.37. The van der Waals surface area contributed by atoms with Gasteiger partial charge in [0.1, 0.15) is 0 Å². The molecule has 0 fully saturated rings. The molecular formula is C17H27Cl2N. The molecule has 0 unspecified atom stereocenters. The van der Waals surface area contributed by atoms with Crippen molar-refractivity contribution in [3.05, 3.63) is 33.8 Å². The lowest BCUT2D eigenvalue weighted by molar-refractivity contribution is 0.243. The minimum atomic E-state index is 0.270. The Kier molecular flexibility index (Phi) is 7.36. The number of benzene rings is 1. The van der Waals surface area contributed by atoms with Crippen LogP contribution in [-0.2, 0) is 6.42 Å². The third kappa shape index (κ3) is 5.27. The van der Waals surface area contributed by atoms with Crippen molar-refractivity contribution in [1.82, 2.24) is 5.32 Å². The molecule has 0 spiro atoms. The predicted octanol–water partition coefficient (Wildman–Crippen LogP) is 5.59. The lowest BCUT2D eigenvalue weighted by atomic mass is 9.76. The van der Waals surface area contributed by atoms with Crippen molar-refractivity contribution in [3.63, 3.8) is 0 Å². The Morgan fingerprint density at radius 1 is 1.15 bits per heavy atom. The molecule has 0 aliphatic rings. The molecule has 3 heteroatoms. The molecule has 0 atom stereocenters. The zero-order valence-corrected chi connectivity index (χ0v) is 14.6. The summed E-state index contributed by atoms with van der Waals surface area (Å²) < 4.78 is 0. The van der Waals surface area contributed by atoms with Crippen molar-refractivity contribution in [2.45, 2.75) is 47.0 Å². The molecule has 1 aromatic rings. The molecule has 0 saturated carbocycles. The molecule has 0 amide bonds. The molecule has 1 rings (SSSR count). The Hall–Kier alpha value is -0.240. The number of nitrogens with one attached hydrogen (secondary N) is 1. The highest BCUT2D eigenvalue weighted by atomic mass is 35.5. The summed E-state index contributed by atoms with van der Waals surface area (Å²) in [5.74, 6) is 0.681. The lowest BCUT2D eigenvalue weighted by Gasteiger charge is -2.33. The number of halogens is 2.